The second-order valence-corrected chi connectivity index (χ2v) is 9.62. The van der Waals surface area contributed by atoms with E-state index < -0.39 is 0 Å². The third-order valence-corrected chi connectivity index (χ3v) is 7.70. The molecule has 31 heavy (non-hydrogen) atoms. The zero-order chi connectivity index (χ0) is 20.9. The monoisotopic (exact) mass is 432 g/mol. The van der Waals surface area contributed by atoms with E-state index in [4.69, 9.17) is 4.37 Å². The van der Waals surface area contributed by atoms with E-state index in [0.717, 1.165) is 45.0 Å². The molecule has 1 saturated heterocycles. The zero-order valence-electron chi connectivity index (χ0n) is 17.2. The highest BCUT2D eigenvalue weighted by Crippen LogP contribution is 2.41. The Morgan fingerprint density at radius 2 is 1.48 bits per heavy atom. The van der Waals surface area contributed by atoms with Crippen LogP contribution in [0.2, 0.25) is 0 Å². The number of hydrogen-bond donors (Lipinski definition) is 0. The molecule has 2 aromatic carbocycles. The minimum absolute atomic E-state index is 0.129. The Hall–Kier alpha value is -2.77. The second kappa shape index (κ2) is 7.43. The van der Waals surface area contributed by atoms with Crippen LogP contribution in [0.4, 0.5) is 5.82 Å². The molecule has 0 N–H and O–H groups in total. The van der Waals surface area contributed by atoms with Crippen LogP contribution < -0.4 is 4.90 Å². The number of rotatable bonds is 5. The number of carbonyl (C=O) groups excluding carboxylic acids is 2. The molecule has 0 radical (unpaired) electrons. The van der Waals surface area contributed by atoms with Crippen LogP contribution in [0.15, 0.2) is 48.5 Å². The van der Waals surface area contributed by atoms with Gasteiger partial charge in [-0.25, -0.2) is 0 Å². The van der Waals surface area contributed by atoms with Crippen LogP contribution >= 0.6 is 11.5 Å². The van der Waals surface area contributed by atoms with E-state index in [1.165, 1.54) is 15.0 Å². The van der Waals surface area contributed by atoms with E-state index in [1.54, 1.807) is 23.7 Å². The maximum atomic E-state index is 12.6. The topological polar surface area (TPSA) is 56.8 Å². The Labute approximate surface area is 185 Å². The summed E-state index contributed by atoms with van der Waals surface area (Å²) in [6.07, 6.45) is 1.10. The third-order valence-electron chi connectivity index (χ3n) is 6.89. The Morgan fingerprint density at radius 3 is 2.23 bits per heavy atom. The largest absolute Gasteiger partial charge is 0.353 e. The minimum atomic E-state index is -0.129. The maximum absolute atomic E-state index is 12.6. The van der Waals surface area contributed by atoms with Crippen LogP contribution in [-0.4, -0.2) is 65.3 Å². The van der Waals surface area contributed by atoms with Gasteiger partial charge in [0.1, 0.15) is 5.82 Å². The predicted octanol–water partition coefficient (Wildman–Crippen LogP) is 3.35. The fraction of sp³-hybridized carbons (Fsp3) is 0.375. The van der Waals surface area contributed by atoms with Gasteiger partial charge >= 0.3 is 0 Å². The fourth-order valence-electron chi connectivity index (χ4n) is 4.97. The van der Waals surface area contributed by atoms with E-state index in [1.807, 2.05) is 12.1 Å². The van der Waals surface area contributed by atoms with E-state index >= 15 is 0 Å². The molecular formula is C24H24N4O2S. The Morgan fingerprint density at radius 1 is 0.839 bits per heavy atom. The molecule has 0 bridgehead atoms. The number of aromatic nitrogens is 1. The molecule has 3 aromatic rings. The molecule has 2 fully saturated rings. The lowest BCUT2D eigenvalue weighted by Crippen LogP contribution is -2.47. The third kappa shape index (κ3) is 3.32. The number of piperazine rings is 1. The van der Waals surface area contributed by atoms with Crippen molar-refractivity contribution in [2.45, 2.75) is 6.42 Å². The average Bonchev–Trinajstić information content (AvgIpc) is 3.31. The zero-order valence-corrected chi connectivity index (χ0v) is 18.1. The van der Waals surface area contributed by atoms with Crippen molar-refractivity contribution in [2.24, 2.45) is 11.8 Å². The smallest absolute Gasteiger partial charge is 0.261 e. The summed E-state index contributed by atoms with van der Waals surface area (Å²) in [5.41, 5.74) is 1.10. The molecule has 6 nitrogen and oxygen atoms in total. The first-order chi connectivity index (χ1) is 15.2. The van der Waals surface area contributed by atoms with Crippen molar-refractivity contribution in [1.29, 1.82) is 0 Å². The van der Waals surface area contributed by atoms with Gasteiger partial charge in [0.2, 0.25) is 0 Å². The summed E-state index contributed by atoms with van der Waals surface area (Å²) in [7, 11) is 0. The molecular weight excluding hydrogens is 408 g/mol. The van der Waals surface area contributed by atoms with Crippen molar-refractivity contribution in [3.05, 3.63) is 59.7 Å². The number of fused-ring (bicyclic) bond motifs is 2. The van der Waals surface area contributed by atoms with Gasteiger partial charge < -0.3 is 4.90 Å². The molecule has 2 aliphatic heterocycles. The summed E-state index contributed by atoms with van der Waals surface area (Å²) < 4.78 is 5.94. The van der Waals surface area contributed by atoms with Gasteiger partial charge in [-0.3, -0.25) is 19.4 Å². The summed E-state index contributed by atoms with van der Waals surface area (Å²) in [6.45, 7) is 5.65. The standard InChI is InChI=1S/C24H24N4O2S/c29-23-18-5-1-2-6-19(18)24(30)28(23)15-17-13-16(17)14-26-9-11-27(12-10-26)22-20-7-3-4-8-21(20)31-25-22/h1-8,16-17H,9-15H2/t16-,17-/m0/s1. The summed E-state index contributed by atoms with van der Waals surface area (Å²) in [4.78, 5) is 31.6. The van der Waals surface area contributed by atoms with Crippen LogP contribution in [0.3, 0.4) is 0 Å². The highest BCUT2D eigenvalue weighted by Gasteiger charge is 2.44. The van der Waals surface area contributed by atoms with Crippen molar-refractivity contribution in [3.63, 3.8) is 0 Å². The molecule has 1 aromatic heterocycles. The van der Waals surface area contributed by atoms with Gasteiger partial charge in [0.05, 0.1) is 15.8 Å². The summed E-state index contributed by atoms with van der Waals surface area (Å²) in [5, 5.41) is 1.25. The van der Waals surface area contributed by atoms with Crippen LogP contribution in [0.5, 0.6) is 0 Å². The lowest BCUT2D eigenvalue weighted by molar-refractivity contribution is 0.0643. The number of hydrogen-bond acceptors (Lipinski definition) is 6. The van der Waals surface area contributed by atoms with Gasteiger partial charge in [0.25, 0.3) is 11.8 Å². The van der Waals surface area contributed by atoms with Crippen LogP contribution in [0.25, 0.3) is 10.1 Å². The number of amides is 2. The van der Waals surface area contributed by atoms with Crippen LogP contribution in [0, 0.1) is 11.8 Å². The van der Waals surface area contributed by atoms with Crippen molar-refractivity contribution >= 4 is 39.3 Å². The predicted molar refractivity (Wildman–Crippen MR) is 122 cm³/mol. The van der Waals surface area contributed by atoms with E-state index in [0.29, 0.717) is 29.5 Å². The second-order valence-electron chi connectivity index (χ2n) is 8.81. The number of nitrogens with zero attached hydrogens (tertiary/aromatic N) is 4. The molecule has 0 unspecified atom stereocenters. The molecule has 7 heteroatoms. The van der Waals surface area contributed by atoms with Gasteiger partial charge in [-0.15, -0.1) is 0 Å². The molecule has 6 rings (SSSR count). The Kier molecular flexibility index (Phi) is 4.54. The molecule has 3 aliphatic rings. The molecule has 0 spiro atoms. The molecule has 1 aliphatic carbocycles. The first-order valence-electron chi connectivity index (χ1n) is 11.0. The number of imide groups is 1. The van der Waals surface area contributed by atoms with Crippen molar-refractivity contribution in [3.8, 4) is 0 Å². The number of anilines is 1. The first-order valence-corrected chi connectivity index (χ1v) is 11.7. The van der Waals surface area contributed by atoms with Gasteiger partial charge in [0, 0.05) is 44.7 Å². The lowest BCUT2D eigenvalue weighted by Gasteiger charge is -2.35. The Bertz CT molecular complexity index is 1130. The summed E-state index contributed by atoms with van der Waals surface area (Å²) >= 11 is 1.58. The SMILES string of the molecule is O=C1c2ccccc2C(=O)N1C[C@@H]1C[C@H]1CN1CCN(c2nsc3ccccc23)CC1. The Balaban J connectivity index is 1.02. The van der Waals surface area contributed by atoms with E-state index in [9.17, 15) is 9.59 Å². The van der Waals surface area contributed by atoms with Gasteiger partial charge in [-0.1, -0.05) is 24.3 Å². The van der Waals surface area contributed by atoms with Gasteiger partial charge in [-0.2, -0.15) is 4.37 Å². The van der Waals surface area contributed by atoms with Crippen molar-refractivity contribution in [2.75, 3.05) is 44.2 Å². The van der Waals surface area contributed by atoms with Crippen molar-refractivity contribution in [1.82, 2.24) is 14.2 Å². The number of benzene rings is 2. The minimum Gasteiger partial charge on any atom is -0.353 e. The lowest BCUT2D eigenvalue weighted by atomic mass is 10.1. The van der Waals surface area contributed by atoms with E-state index in [-0.39, 0.29) is 11.8 Å². The summed E-state index contributed by atoms with van der Waals surface area (Å²) in [6, 6.07) is 15.6. The molecule has 2 atom stereocenters. The molecule has 158 valence electrons. The maximum Gasteiger partial charge on any atom is 0.261 e. The number of carbonyl (C=O) groups is 2. The highest BCUT2D eigenvalue weighted by atomic mass is 32.1. The van der Waals surface area contributed by atoms with Crippen LogP contribution in [0.1, 0.15) is 27.1 Å². The normalized spacial score (nSPS) is 23.6. The van der Waals surface area contributed by atoms with Gasteiger partial charge in [0.15, 0.2) is 0 Å². The van der Waals surface area contributed by atoms with Crippen molar-refractivity contribution < 1.29 is 9.59 Å². The average molecular weight is 433 g/mol. The molecule has 2 amide bonds. The molecule has 3 heterocycles. The first kappa shape index (κ1) is 19.0. The quantitative estimate of drug-likeness (QED) is 0.579. The van der Waals surface area contributed by atoms with Gasteiger partial charge in [-0.05, 0) is 54.1 Å². The summed E-state index contributed by atoms with van der Waals surface area (Å²) in [5.74, 6) is 1.87. The van der Waals surface area contributed by atoms with E-state index in [2.05, 4.69) is 34.1 Å². The fourth-order valence-corrected chi connectivity index (χ4v) is 5.77. The molecule has 1 saturated carbocycles. The highest BCUT2D eigenvalue weighted by molar-refractivity contribution is 7.13. The van der Waals surface area contributed by atoms with Crippen LogP contribution in [-0.2, 0) is 0 Å².